The van der Waals surface area contributed by atoms with E-state index in [-0.39, 0.29) is 12.6 Å². The highest BCUT2D eigenvalue weighted by Crippen LogP contribution is 2.31. The van der Waals surface area contributed by atoms with E-state index in [1.807, 2.05) is 6.92 Å². The van der Waals surface area contributed by atoms with Gasteiger partial charge < -0.3 is 5.11 Å². The molecule has 118 valence electrons. The molecule has 4 nitrogen and oxygen atoms in total. The average molecular weight is 376 g/mol. The Morgan fingerprint density at radius 2 is 2.05 bits per heavy atom. The van der Waals surface area contributed by atoms with Gasteiger partial charge in [0.1, 0.15) is 0 Å². The predicted octanol–water partition coefficient (Wildman–Crippen LogP) is 3.20. The Kier molecular flexibility index (Phi) is 5.46. The van der Waals surface area contributed by atoms with Crippen LogP contribution in [0.4, 0.5) is 0 Å². The molecule has 21 heavy (non-hydrogen) atoms. The fourth-order valence-corrected chi connectivity index (χ4v) is 5.44. The first-order valence-electron chi connectivity index (χ1n) is 7.29. The van der Waals surface area contributed by atoms with E-state index >= 15 is 0 Å². The smallest absolute Gasteiger partial charge is 0.243 e. The number of rotatable bonds is 3. The minimum Gasteiger partial charge on any atom is -0.392 e. The number of aliphatic hydroxyl groups is 1. The SMILES string of the molecule is Cc1c(Br)cc(CO)cc1S(=O)(=O)N1CCCCCC1C. The van der Waals surface area contributed by atoms with Gasteiger partial charge in [-0.1, -0.05) is 28.8 Å². The Morgan fingerprint density at radius 1 is 1.33 bits per heavy atom. The molecule has 0 amide bonds. The molecule has 2 rings (SSSR count). The molecule has 1 N–H and O–H groups in total. The molecular formula is C15H22BrNO3S. The van der Waals surface area contributed by atoms with Gasteiger partial charge in [0.25, 0.3) is 0 Å². The molecule has 1 aromatic rings. The third-order valence-electron chi connectivity index (χ3n) is 4.12. The van der Waals surface area contributed by atoms with Crippen LogP contribution in [0.3, 0.4) is 0 Å². The normalized spacial score (nSPS) is 21.2. The summed E-state index contributed by atoms with van der Waals surface area (Å²) in [5.41, 5.74) is 1.30. The van der Waals surface area contributed by atoms with Crippen LogP contribution in [0, 0.1) is 6.92 Å². The summed E-state index contributed by atoms with van der Waals surface area (Å²) in [6.45, 7) is 4.17. The Bertz CT molecular complexity index is 616. The van der Waals surface area contributed by atoms with Gasteiger partial charge in [0.2, 0.25) is 10.0 Å². The van der Waals surface area contributed by atoms with E-state index in [4.69, 9.17) is 0 Å². The lowest BCUT2D eigenvalue weighted by Gasteiger charge is -2.27. The van der Waals surface area contributed by atoms with E-state index in [1.54, 1.807) is 23.4 Å². The van der Waals surface area contributed by atoms with Crippen molar-refractivity contribution in [3.8, 4) is 0 Å². The number of sulfonamides is 1. The molecule has 1 saturated heterocycles. The van der Waals surface area contributed by atoms with Gasteiger partial charge in [-0.05, 0) is 49.9 Å². The molecule has 6 heteroatoms. The second-order valence-corrected chi connectivity index (χ2v) is 8.39. The average Bonchev–Trinajstić information content (AvgIpc) is 2.66. The molecular weight excluding hydrogens is 354 g/mol. The Morgan fingerprint density at radius 3 is 2.71 bits per heavy atom. The Balaban J connectivity index is 2.50. The summed E-state index contributed by atoms with van der Waals surface area (Å²) in [6, 6.07) is 3.38. The topological polar surface area (TPSA) is 57.6 Å². The summed E-state index contributed by atoms with van der Waals surface area (Å²) >= 11 is 3.39. The highest BCUT2D eigenvalue weighted by atomic mass is 79.9. The summed E-state index contributed by atoms with van der Waals surface area (Å²) in [7, 11) is -3.53. The van der Waals surface area contributed by atoms with Crippen LogP contribution in [0.25, 0.3) is 0 Å². The van der Waals surface area contributed by atoms with Crippen molar-refractivity contribution in [3.63, 3.8) is 0 Å². The molecule has 0 aromatic heterocycles. The first kappa shape index (κ1) is 16.9. The third-order valence-corrected chi connectivity index (χ3v) is 7.08. The Labute approximate surface area is 135 Å². The molecule has 1 aliphatic heterocycles. The lowest BCUT2D eigenvalue weighted by Crippen LogP contribution is -2.38. The minimum absolute atomic E-state index is 0.0217. The van der Waals surface area contributed by atoms with Gasteiger partial charge in [-0.2, -0.15) is 4.31 Å². The van der Waals surface area contributed by atoms with E-state index < -0.39 is 10.0 Å². The quantitative estimate of drug-likeness (QED) is 0.882. The predicted molar refractivity (Wildman–Crippen MR) is 86.6 cm³/mol. The van der Waals surface area contributed by atoms with E-state index in [2.05, 4.69) is 15.9 Å². The molecule has 0 spiro atoms. The highest BCUT2D eigenvalue weighted by molar-refractivity contribution is 9.10. The van der Waals surface area contributed by atoms with Crippen molar-refractivity contribution in [2.24, 2.45) is 0 Å². The van der Waals surface area contributed by atoms with Crippen molar-refractivity contribution in [2.75, 3.05) is 6.54 Å². The van der Waals surface area contributed by atoms with E-state index in [9.17, 15) is 13.5 Å². The summed E-state index contributed by atoms with van der Waals surface area (Å²) in [4.78, 5) is 0.301. The van der Waals surface area contributed by atoms with Crippen LogP contribution in [0.1, 0.15) is 43.7 Å². The lowest BCUT2D eigenvalue weighted by atomic mass is 10.1. The van der Waals surface area contributed by atoms with Gasteiger partial charge in [-0.25, -0.2) is 8.42 Å². The fraction of sp³-hybridized carbons (Fsp3) is 0.600. The molecule has 1 atom stereocenters. The second-order valence-electron chi connectivity index (χ2n) is 5.67. The van der Waals surface area contributed by atoms with Gasteiger partial charge in [-0.15, -0.1) is 0 Å². The van der Waals surface area contributed by atoms with Gasteiger partial charge in [0.05, 0.1) is 11.5 Å². The second kappa shape index (κ2) is 6.77. The number of halogens is 1. The zero-order chi connectivity index (χ0) is 15.6. The molecule has 1 unspecified atom stereocenters. The molecule has 0 saturated carbocycles. The molecule has 0 aliphatic carbocycles. The summed E-state index contributed by atoms with van der Waals surface area (Å²) in [5.74, 6) is 0. The maximum Gasteiger partial charge on any atom is 0.243 e. The number of hydrogen-bond acceptors (Lipinski definition) is 3. The van der Waals surface area contributed by atoms with Crippen LogP contribution in [0.15, 0.2) is 21.5 Å². The van der Waals surface area contributed by atoms with Crippen molar-refractivity contribution in [1.29, 1.82) is 0 Å². The summed E-state index contributed by atoms with van der Waals surface area (Å²) in [6.07, 6.45) is 3.96. The number of hydrogen-bond donors (Lipinski definition) is 1. The van der Waals surface area contributed by atoms with E-state index in [1.165, 1.54) is 0 Å². The van der Waals surface area contributed by atoms with Crippen LogP contribution in [0.2, 0.25) is 0 Å². The molecule has 0 bridgehead atoms. The molecule has 1 aliphatic rings. The standard InChI is InChI=1S/C15H22BrNO3S/c1-11-6-4-3-5-7-17(11)21(19,20)15-9-13(10-18)8-14(16)12(15)2/h8-9,11,18H,3-7,10H2,1-2H3. The number of benzene rings is 1. The number of aliphatic hydroxyl groups excluding tert-OH is 1. The van der Waals surface area contributed by atoms with Crippen molar-refractivity contribution in [1.82, 2.24) is 4.31 Å². The van der Waals surface area contributed by atoms with E-state index in [0.29, 0.717) is 22.6 Å². The Hall–Kier alpha value is -0.430. The summed E-state index contributed by atoms with van der Waals surface area (Å²) in [5, 5.41) is 9.32. The molecule has 0 radical (unpaired) electrons. The van der Waals surface area contributed by atoms with Crippen LogP contribution >= 0.6 is 15.9 Å². The molecule has 1 heterocycles. The maximum atomic E-state index is 13.0. The minimum atomic E-state index is -3.53. The van der Waals surface area contributed by atoms with Crippen molar-refractivity contribution < 1.29 is 13.5 Å². The van der Waals surface area contributed by atoms with Gasteiger partial charge in [0.15, 0.2) is 0 Å². The summed E-state index contributed by atoms with van der Waals surface area (Å²) < 4.78 is 28.4. The largest absolute Gasteiger partial charge is 0.392 e. The van der Waals surface area contributed by atoms with Crippen LogP contribution in [0.5, 0.6) is 0 Å². The molecule has 1 aromatic carbocycles. The highest BCUT2D eigenvalue weighted by Gasteiger charge is 2.31. The zero-order valence-electron chi connectivity index (χ0n) is 12.5. The lowest BCUT2D eigenvalue weighted by molar-refractivity contribution is 0.281. The molecule has 1 fully saturated rings. The first-order valence-corrected chi connectivity index (χ1v) is 9.53. The van der Waals surface area contributed by atoms with Crippen LogP contribution < -0.4 is 0 Å². The van der Waals surface area contributed by atoms with Crippen molar-refractivity contribution in [3.05, 3.63) is 27.7 Å². The maximum absolute atomic E-state index is 13.0. The fourth-order valence-electron chi connectivity index (χ4n) is 2.80. The van der Waals surface area contributed by atoms with Gasteiger partial charge in [-0.3, -0.25) is 0 Å². The number of nitrogens with zero attached hydrogens (tertiary/aromatic N) is 1. The van der Waals surface area contributed by atoms with E-state index in [0.717, 1.165) is 30.2 Å². The van der Waals surface area contributed by atoms with Crippen LogP contribution in [-0.4, -0.2) is 30.4 Å². The van der Waals surface area contributed by atoms with Crippen molar-refractivity contribution in [2.45, 2.75) is 57.1 Å². The zero-order valence-corrected chi connectivity index (χ0v) is 14.9. The van der Waals surface area contributed by atoms with Gasteiger partial charge >= 0.3 is 0 Å². The van der Waals surface area contributed by atoms with Crippen LogP contribution in [-0.2, 0) is 16.6 Å². The van der Waals surface area contributed by atoms with Crippen molar-refractivity contribution >= 4 is 26.0 Å². The third kappa shape index (κ3) is 3.50. The monoisotopic (exact) mass is 375 g/mol. The van der Waals surface area contributed by atoms with Gasteiger partial charge in [0, 0.05) is 17.1 Å². The first-order chi connectivity index (χ1) is 9.87.